The van der Waals surface area contributed by atoms with Gasteiger partial charge in [-0.2, -0.15) is 0 Å². The zero-order valence-electron chi connectivity index (χ0n) is 9.09. The van der Waals surface area contributed by atoms with Crippen molar-refractivity contribution in [2.75, 3.05) is 0 Å². The fraction of sp³-hybridized carbons (Fsp3) is 0. The van der Waals surface area contributed by atoms with Gasteiger partial charge in [0.15, 0.2) is 12.1 Å². The number of rotatable bonds is 2. The van der Waals surface area contributed by atoms with Crippen molar-refractivity contribution in [1.82, 2.24) is 19.9 Å². The molecule has 0 bridgehead atoms. The molecule has 3 heterocycles. The molecule has 0 unspecified atom stereocenters. The Labute approximate surface area is 107 Å². The van der Waals surface area contributed by atoms with Crippen molar-refractivity contribution in [2.24, 2.45) is 0 Å². The maximum absolute atomic E-state index is 10.9. The first-order valence-electron chi connectivity index (χ1n) is 5.19. The lowest BCUT2D eigenvalue weighted by Gasteiger charge is -2.03. The molecule has 1 N–H and O–H groups in total. The summed E-state index contributed by atoms with van der Waals surface area (Å²) >= 11 is 6.30. The Morgan fingerprint density at radius 3 is 2.72 bits per heavy atom. The van der Waals surface area contributed by atoms with E-state index >= 15 is 0 Å². The molecule has 0 amide bonds. The van der Waals surface area contributed by atoms with Crippen LogP contribution in [0.4, 0.5) is 0 Å². The molecule has 3 aromatic heterocycles. The van der Waals surface area contributed by atoms with E-state index in [0.717, 1.165) is 6.29 Å². The van der Waals surface area contributed by atoms with E-state index in [-0.39, 0.29) is 0 Å². The number of halogens is 1. The van der Waals surface area contributed by atoms with Crippen LogP contribution in [-0.2, 0) is 0 Å². The summed E-state index contributed by atoms with van der Waals surface area (Å²) in [5.74, 6) is 0.481. The normalized spacial score (nSPS) is 10.7. The van der Waals surface area contributed by atoms with Crippen LogP contribution in [0.3, 0.4) is 0 Å². The fourth-order valence-corrected chi connectivity index (χ4v) is 2.10. The third-order valence-electron chi connectivity index (χ3n) is 2.60. The average Bonchev–Trinajstić information content (AvgIpc) is 2.84. The van der Waals surface area contributed by atoms with Crippen molar-refractivity contribution in [3.8, 4) is 11.4 Å². The van der Waals surface area contributed by atoms with Crippen LogP contribution in [0.2, 0.25) is 5.02 Å². The topological polar surface area (TPSA) is 71.5 Å². The largest absolute Gasteiger partial charge is 0.345 e. The molecule has 0 saturated carbocycles. The van der Waals surface area contributed by atoms with Gasteiger partial charge in [-0.3, -0.25) is 4.79 Å². The predicted octanol–water partition coefficient (Wildman–Crippen LogP) is 2.49. The highest BCUT2D eigenvalue weighted by atomic mass is 35.5. The molecular weight excluding hydrogens is 252 g/mol. The van der Waals surface area contributed by atoms with Crippen LogP contribution in [0.15, 0.2) is 30.9 Å². The van der Waals surface area contributed by atoms with Crippen LogP contribution in [-0.4, -0.2) is 26.2 Å². The Hall–Kier alpha value is -2.27. The molecular formula is C12H7ClN4O. The summed E-state index contributed by atoms with van der Waals surface area (Å²) in [7, 11) is 0. The van der Waals surface area contributed by atoms with Gasteiger partial charge in [0.25, 0.3) is 0 Å². The lowest BCUT2D eigenvalue weighted by atomic mass is 10.1. The van der Waals surface area contributed by atoms with Crippen molar-refractivity contribution in [1.29, 1.82) is 0 Å². The monoisotopic (exact) mass is 258 g/mol. The van der Waals surface area contributed by atoms with Gasteiger partial charge in [0.1, 0.15) is 5.65 Å². The smallest absolute Gasteiger partial charge is 0.162 e. The van der Waals surface area contributed by atoms with Gasteiger partial charge in [-0.05, 0) is 6.07 Å². The van der Waals surface area contributed by atoms with Gasteiger partial charge in [0, 0.05) is 35.7 Å². The summed E-state index contributed by atoms with van der Waals surface area (Å²) in [5, 5.41) is 1.02. The van der Waals surface area contributed by atoms with Gasteiger partial charge in [-0.1, -0.05) is 11.6 Å². The second-order valence-electron chi connectivity index (χ2n) is 3.64. The SMILES string of the molecule is O=Cc1c[nH]c2ncc(-c3ncccn3)c(Cl)c12. The highest BCUT2D eigenvalue weighted by Gasteiger charge is 2.14. The minimum absolute atomic E-state index is 0.426. The molecule has 0 spiro atoms. The zero-order chi connectivity index (χ0) is 12.5. The number of H-pyrrole nitrogens is 1. The summed E-state index contributed by atoms with van der Waals surface area (Å²) in [6.45, 7) is 0. The number of nitrogens with zero attached hydrogens (tertiary/aromatic N) is 3. The van der Waals surface area contributed by atoms with Gasteiger partial charge in [-0.25, -0.2) is 15.0 Å². The molecule has 0 aliphatic rings. The summed E-state index contributed by atoms with van der Waals surface area (Å²) in [4.78, 5) is 26.3. The van der Waals surface area contributed by atoms with Crippen molar-refractivity contribution >= 4 is 28.9 Å². The molecule has 0 aliphatic heterocycles. The molecule has 0 saturated heterocycles. The summed E-state index contributed by atoms with van der Waals surface area (Å²) < 4.78 is 0. The number of aldehydes is 1. The van der Waals surface area contributed by atoms with E-state index in [2.05, 4.69) is 19.9 Å². The van der Waals surface area contributed by atoms with E-state index in [1.165, 1.54) is 0 Å². The standard InChI is InChI=1S/C12H7ClN4O/c13-10-8(11-14-2-1-3-15-11)5-17-12-9(10)7(6-18)4-16-12/h1-6H,(H,16,17). The van der Waals surface area contributed by atoms with E-state index in [0.29, 0.717) is 33.0 Å². The first-order chi connectivity index (χ1) is 8.81. The number of hydrogen-bond acceptors (Lipinski definition) is 4. The molecule has 5 nitrogen and oxygen atoms in total. The van der Waals surface area contributed by atoms with Gasteiger partial charge < -0.3 is 4.98 Å². The van der Waals surface area contributed by atoms with E-state index in [9.17, 15) is 4.79 Å². The van der Waals surface area contributed by atoms with Crippen molar-refractivity contribution in [3.63, 3.8) is 0 Å². The highest BCUT2D eigenvalue weighted by molar-refractivity contribution is 6.38. The predicted molar refractivity (Wildman–Crippen MR) is 67.5 cm³/mol. The summed E-state index contributed by atoms with van der Waals surface area (Å²) in [6.07, 6.45) is 7.15. The molecule has 3 rings (SSSR count). The molecule has 88 valence electrons. The third-order valence-corrected chi connectivity index (χ3v) is 2.99. The number of pyridine rings is 1. The first-order valence-corrected chi connectivity index (χ1v) is 5.57. The zero-order valence-corrected chi connectivity index (χ0v) is 9.85. The second kappa shape index (κ2) is 4.19. The van der Waals surface area contributed by atoms with Crippen LogP contribution in [0.5, 0.6) is 0 Å². The number of carbonyl (C=O) groups excluding carboxylic acids is 1. The number of nitrogens with one attached hydrogen (secondary N) is 1. The second-order valence-corrected chi connectivity index (χ2v) is 4.02. The van der Waals surface area contributed by atoms with E-state index in [1.807, 2.05) is 0 Å². The Bertz CT molecular complexity index is 724. The number of fused-ring (bicyclic) bond motifs is 1. The quantitative estimate of drug-likeness (QED) is 0.717. The van der Waals surface area contributed by atoms with E-state index < -0.39 is 0 Å². The molecule has 6 heteroatoms. The van der Waals surface area contributed by atoms with Crippen molar-refractivity contribution < 1.29 is 4.79 Å². The molecule has 18 heavy (non-hydrogen) atoms. The van der Waals surface area contributed by atoms with Gasteiger partial charge >= 0.3 is 0 Å². The Balaban J connectivity index is 2.32. The maximum atomic E-state index is 10.9. The van der Waals surface area contributed by atoms with Crippen LogP contribution in [0.25, 0.3) is 22.4 Å². The number of aromatic amines is 1. The Morgan fingerprint density at radius 2 is 2.00 bits per heavy atom. The van der Waals surface area contributed by atoms with Crippen molar-refractivity contribution in [3.05, 3.63) is 41.4 Å². The number of carbonyl (C=O) groups is 1. The molecule has 0 aromatic carbocycles. The van der Waals surface area contributed by atoms with E-state index in [1.54, 1.807) is 30.9 Å². The average molecular weight is 259 g/mol. The number of aromatic nitrogens is 4. The minimum Gasteiger partial charge on any atom is -0.345 e. The molecule has 3 aromatic rings. The van der Waals surface area contributed by atoms with Crippen LogP contribution < -0.4 is 0 Å². The van der Waals surface area contributed by atoms with E-state index in [4.69, 9.17) is 11.6 Å². The number of hydrogen-bond donors (Lipinski definition) is 1. The lowest BCUT2D eigenvalue weighted by molar-refractivity contribution is 0.112. The molecule has 0 atom stereocenters. The highest BCUT2D eigenvalue weighted by Crippen LogP contribution is 2.32. The molecule has 0 radical (unpaired) electrons. The minimum atomic E-state index is 0.426. The summed E-state index contributed by atoms with van der Waals surface area (Å²) in [5.41, 5.74) is 1.65. The Morgan fingerprint density at radius 1 is 1.22 bits per heavy atom. The first kappa shape index (κ1) is 10.9. The van der Waals surface area contributed by atoms with Gasteiger partial charge in [0.05, 0.1) is 10.6 Å². The maximum Gasteiger partial charge on any atom is 0.162 e. The lowest BCUT2D eigenvalue weighted by Crippen LogP contribution is -1.91. The van der Waals surface area contributed by atoms with Crippen LogP contribution in [0.1, 0.15) is 10.4 Å². The summed E-state index contributed by atoms with van der Waals surface area (Å²) in [6, 6.07) is 1.72. The molecule has 0 aliphatic carbocycles. The van der Waals surface area contributed by atoms with Crippen LogP contribution in [0, 0.1) is 0 Å². The third kappa shape index (κ3) is 1.56. The molecule has 0 fully saturated rings. The fourth-order valence-electron chi connectivity index (χ4n) is 1.77. The van der Waals surface area contributed by atoms with Gasteiger partial charge in [-0.15, -0.1) is 0 Å². The Kier molecular flexibility index (Phi) is 2.53. The van der Waals surface area contributed by atoms with Crippen LogP contribution >= 0.6 is 11.6 Å². The van der Waals surface area contributed by atoms with Crippen molar-refractivity contribution in [2.45, 2.75) is 0 Å². The van der Waals surface area contributed by atoms with Gasteiger partial charge in [0.2, 0.25) is 0 Å².